The van der Waals surface area contributed by atoms with Crippen molar-refractivity contribution in [2.45, 2.75) is 20.5 Å². The number of rotatable bonds is 7. The number of benzene rings is 2. The van der Waals surface area contributed by atoms with Gasteiger partial charge in [-0.15, -0.1) is 0 Å². The highest BCUT2D eigenvalue weighted by Gasteiger charge is 2.09. The van der Waals surface area contributed by atoms with E-state index in [1.165, 1.54) is 13.0 Å². The molecule has 0 saturated carbocycles. The molecule has 1 unspecified atom stereocenters. The molecule has 0 radical (unpaired) electrons. The largest absolute Gasteiger partial charge is 0.454 e. The Kier molecular flexibility index (Phi) is 5.67. The van der Waals surface area contributed by atoms with Crippen LogP contribution < -0.4 is 4.74 Å². The van der Waals surface area contributed by atoms with Crippen LogP contribution in [0.15, 0.2) is 48.5 Å². The number of Topliss-reactive ketones (excluding diaryl/α,β-unsaturated/α-hetero) is 1. The minimum atomic E-state index is -0.426. The van der Waals surface area contributed by atoms with E-state index in [1.807, 2.05) is 25.1 Å². The van der Waals surface area contributed by atoms with Crippen molar-refractivity contribution in [3.05, 3.63) is 59.9 Å². The molecule has 0 bridgehead atoms. The van der Waals surface area contributed by atoms with E-state index in [0.29, 0.717) is 19.0 Å². The van der Waals surface area contributed by atoms with Gasteiger partial charge in [0.05, 0.1) is 13.2 Å². The molecule has 0 aliphatic heterocycles. The van der Waals surface area contributed by atoms with Gasteiger partial charge in [0.15, 0.2) is 11.6 Å². The van der Waals surface area contributed by atoms with E-state index in [9.17, 15) is 9.18 Å². The van der Waals surface area contributed by atoms with E-state index in [2.05, 4.69) is 0 Å². The van der Waals surface area contributed by atoms with Crippen LogP contribution in [0.5, 0.6) is 11.5 Å². The van der Waals surface area contributed by atoms with Crippen molar-refractivity contribution in [3.63, 3.8) is 0 Å². The minimum Gasteiger partial charge on any atom is -0.454 e. The smallest absolute Gasteiger partial charge is 0.165 e. The van der Waals surface area contributed by atoms with Crippen molar-refractivity contribution in [1.82, 2.24) is 0 Å². The topological polar surface area (TPSA) is 35.5 Å². The molecule has 3 nitrogen and oxygen atoms in total. The molecule has 2 aromatic carbocycles. The molecule has 0 fully saturated rings. The maximum atomic E-state index is 13.8. The number of carbonyl (C=O) groups excluding carboxylic acids is 1. The Morgan fingerprint density at radius 3 is 2.59 bits per heavy atom. The maximum absolute atomic E-state index is 13.8. The summed E-state index contributed by atoms with van der Waals surface area (Å²) >= 11 is 0. The van der Waals surface area contributed by atoms with Crippen LogP contribution in [0.1, 0.15) is 19.4 Å². The maximum Gasteiger partial charge on any atom is 0.165 e. The lowest BCUT2D eigenvalue weighted by atomic mass is 10.1. The van der Waals surface area contributed by atoms with Crippen molar-refractivity contribution in [1.29, 1.82) is 0 Å². The molecule has 0 aliphatic carbocycles. The molecule has 0 amide bonds. The van der Waals surface area contributed by atoms with Crippen LogP contribution in [0.2, 0.25) is 0 Å². The Morgan fingerprint density at radius 2 is 1.91 bits per heavy atom. The predicted molar refractivity (Wildman–Crippen MR) is 82.4 cm³/mol. The van der Waals surface area contributed by atoms with Crippen molar-refractivity contribution < 1.29 is 18.7 Å². The van der Waals surface area contributed by atoms with E-state index in [1.54, 1.807) is 24.3 Å². The fourth-order valence-corrected chi connectivity index (χ4v) is 1.80. The van der Waals surface area contributed by atoms with Crippen LogP contribution in [-0.2, 0) is 16.1 Å². The number of hydrogen-bond donors (Lipinski definition) is 0. The number of halogens is 1. The van der Waals surface area contributed by atoms with Gasteiger partial charge in [0.2, 0.25) is 0 Å². The standard InChI is InChI=1S/C18H19FO3/c1-13(14(2)20)11-21-12-15-8-9-17(19)18(10-15)22-16-6-4-3-5-7-16/h3-10,13H,11-12H2,1-2H3. The van der Waals surface area contributed by atoms with Gasteiger partial charge in [0.25, 0.3) is 0 Å². The number of ether oxygens (including phenoxy) is 2. The van der Waals surface area contributed by atoms with Crippen molar-refractivity contribution in [3.8, 4) is 11.5 Å². The van der Waals surface area contributed by atoms with Crippen LogP contribution >= 0.6 is 0 Å². The van der Waals surface area contributed by atoms with Crippen LogP contribution in [0.25, 0.3) is 0 Å². The van der Waals surface area contributed by atoms with Gasteiger partial charge in [-0.25, -0.2) is 4.39 Å². The third-order valence-corrected chi connectivity index (χ3v) is 3.30. The van der Waals surface area contributed by atoms with Gasteiger partial charge < -0.3 is 9.47 Å². The highest BCUT2D eigenvalue weighted by Crippen LogP contribution is 2.25. The van der Waals surface area contributed by atoms with Crippen molar-refractivity contribution in [2.24, 2.45) is 5.92 Å². The highest BCUT2D eigenvalue weighted by molar-refractivity contribution is 5.77. The summed E-state index contributed by atoms with van der Waals surface area (Å²) in [5.41, 5.74) is 0.795. The summed E-state index contributed by atoms with van der Waals surface area (Å²) in [6, 6.07) is 13.6. The molecule has 4 heteroatoms. The molecule has 0 saturated heterocycles. The van der Waals surface area contributed by atoms with Crippen LogP contribution in [-0.4, -0.2) is 12.4 Å². The first-order valence-electron chi connectivity index (χ1n) is 7.16. The number of ketones is 1. The van der Waals surface area contributed by atoms with Crippen LogP contribution in [0.3, 0.4) is 0 Å². The number of hydrogen-bond acceptors (Lipinski definition) is 3. The van der Waals surface area contributed by atoms with Gasteiger partial charge >= 0.3 is 0 Å². The van der Waals surface area contributed by atoms with Crippen LogP contribution in [0, 0.1) is 11.7 Å². The molecule has 0 aliphatic rings. The SMILES string of the molecule is CC(=O)C(C)COCc1ccc(F)c(Oc2ccccc2)c1. The fraction of sp³-hybridized carbons (Fsp3) is 0.278. The van der Waals surface area contributed by atoms with E-state index < -0.39 is 5.82 Å². The Balaban J connectivity index is 1.99. The summed E-state index contributed by atoms with van der Waals surface area (Å²) in [7, 11) is 0. The van der Waals surface area contributed by atoms with Gasteiger partial charge in [-0.3, -0.25) is 4.79 Å². The molecule has 2 aromatic rings. The molecule has 22 heavy (non-hydrogen) atoms. The Bertz CT molecular complexity index is 625. The lowest BCUT2D eigenvalue weighted by molar-refractivity contribution is -0.122. The zero-order valence-corrected chi connectivity index (χ0v) is 12.7. The zero-order chi connectivity index (χ0) is 15.9. The van der Waals surface area contributed by atoms with E-state index in [-0.39, 0.29) is 17.5 Å². The van der Waals surface area contributed by atoms with Gasteiger partial charge in [-0.05, 0) is 36.8 Å². The lowest BCUT2D eigenvalue weighted by Gasteiger charge is -2.11. The molecule has 0 spiro atoms. The van der Waals surface area contributed by atoms with Crippen LogP contribution in [0.4, 0.5) is 4.39 Å². The summed E-state index contributed by atoms with van der Waals surface area (Å²) < 4.78 is 24.8. The third-order valence-electron chi connectivity index (χ3n) is 3.30. The number of carbonyl (C=O) groups is 1. The molecular formula is C18H19FO3. The van der Waals surface area contributed by atoms with Gasteiger partial charge in [-0.2, -0.15) is 0 Å². The van der Waals surface area contributed by atoms with Crippen molar-refractivity contribution in [2.75, 3.05) is 6.61 Å². The molecule has 0 aromatic heterocycles. The third kappa shape index (κ3) is 4.67. The highest BCUT2D eigenvalue weighted by atomic mass is 19.1. The molecule has 0 heterocycles. The average molecular weight is 302 g/mol. The normalized spacial score (nSPS) is 12.0. The second-order valence-electron chi connectivity index (χ2n) is 5.21. The second kappa shape index (κ2) is 7.71. The first kappa shape index (κ1) is 16.2. The molecular weight excluding hydrogens is 283 g/mol. The summed E-state index contributed by atoms with van der Waals surface area (Å²) in [6.45, 7) is 4.01. The lowest BCUT2D eigenvalue weighted by Crippen LogP contribution is -2.13. The quantitative estimate of drug-likeness (QED) is 0.762. The molecule has 0 N–H and O–H groups in total. The van der Waals surface area contributed by atoms with Gasteiger partial charge in [-0.1, -0.05) is 31.2 Å². The molecule has 116 valence electrons. The summed E-state index contributed by atoms with van der Waals surface area (Å²) in [4.78, 5) is 11.1. The first-order chi connectivity index (χ1) is 10.6. The monoisotopic (exact) mass is 302 g/mol. The van der Waals surface area contributed by atoms with Gasteiger partial charge in [0.1, 0.15) is 11.5 Å². The zero-order valence-electron chi connectivity index (χ0n) is 12.7. The van der Waals surface area contributed by atoms with Gasteiger partial charge in [0, 0.05) is 5.92 Å². The van der Waals surface area contributed by atoms with Crippen molar-refractivity contribution >= 4 is 5.78 Å². The Morgan fingerprint density at radius 1 is 1.18 bits per heavy atom. The van der Waals surface area contributed by atoms with E-state index in [0.717, 1.165) is 5.56 Å². The average Bonchev–Trinajstić information content (AvgIpc) is 2.51. The fourth-order valence-electron chi connectivity index (χ4n) is 1.80. The summed E-state index contributed by atoms with van der Waals surface area (Å²) in [5.74, 6) is 0.258. The Labute approximate surface area is 129 Å². The number of para-hydroxylation sites is 1. The minimum absolute atomic E-state index is 0.0900. The Hall–Kier alpha value is -2.20. The first-order valence-corrected chi connectivity index (χ1v) is 7.16. The second-order valence-corrected chi connectivity index (χ2v) is 5.21. The van der Waals surface area contributed by atoms with E-state index in [4.69, 9.17) is 9.47 Å². The summed E-state index contributed by atoms with van der Waals surface area (Å²) in [6.07, 6.45) is 0. The molecule has 2 rings (SSSR count). The van der Waals surface area contributed by atoms with E-state index >= 15 is 0 Å². The predicted octanol–water partition coefficient (Wildman–Crippen LogP) is 4.36. The molecule has 1 atom stereocenters. The summed E-state index contributed by atoms with van der Waals surface area (Å²) in [5, 5.41) is 0.